The van der Waals surface area contributed by atoms with Gasteiger partial charge in [-0.05, 0) is 63.0 Å². The number of nitrogens with zero attached hydrogens (tertiary/aromatic N) is 2. The molecule has 2 aliphatic heterocycles. The number of rotatable bonds is 3. The fraction of sp³-hybridized carbons (Fsp3) is 0.647. The third-order valence-corrected chi connectivity index (χ3v) is 4.84. The van der Waals surface area contributed by atoms with E-state index in [9.17, 15) is 4.39 Å². The van der Waals surface area contributed by atoms with Crippen LogP contribution in [0.4, 0.5) is 10.1 Å². The maximum absolute atomic E-state index is 14.4. The molecule has 2 heterocycles. The summed E-state index contributed by atoms with van der Waals surface area (Å²) in [6, 6.07) is 5.87. The van der Waals surface area contributed by atoms with Crippen LogP contribution in [0.3, 0.4) is 0 Å². The van der Waals surface area contributed by atoms with Gasteiger partial charge in [-0.1, -0.05) is 6.07 Å². The summed E-state index contributed by atoms with van der Waals surface area (Å²) in [6.45, 7) is 6.06. The van der Waals surface area contributed by atoms with E-state index in [1.165, 1.54) is 12.8 Å². The first kappa shape index (κ1) is 14.8. The van der Waals surface area contributed by atoms with E-state index in [1.54, 1.807) is 6.07 Å². The predicted molar refractivity (Wildman–Crippen MR) is 85.4 cm³/mol. The molecule has 0 aliphatic carbocycles. The van der Waals surface area contributed by atoms with Crippen molar-refractivity contribution in [3.63, 3.8) is 0 Å². The molecule has 2 aliphatic rings. The van der Waals surface area contributed by atoms with Gasteiger partial charge in [-0.25, -0.2) is 4.39 Å². The molecule has 21 heavy (non-hydrogen) atoms. The second kappa shape index (κ2) is 6.75. The molecular weight excluding hydrogens is 265 g/mol. The molecule has 2 fully saturated rings. The Labute approximate surface area is 127 Å². The Morgan fingerprint density at radius 1 is 1.14 bits per heavy atom. The van der Waals surface area contributed by atoms with Gasteiger partial charge in [0.1, 0.15) is 5.82 Å². The van der Waals surface area contributed by atoms with Gasteiger partial charge in [0.25, 0.3) is 0 Å². The number of anilines is 1. The lowest BCUT2D eigenvalue weighted by molar-refractivity contribution is 0.311. The van der Waals surface area contributed by atoms with Gasteiger partial charge in [-0.3, -0.25) is 0 Å². The third kappa shape index (κ3) is 3.74. The lowest BCUT2D eigenvalue weighted by Crippen LogP contribution is -2.44. The Bertz CT molecular complexity index is 463. The van der Waals surface area contributed by atoms with E-state index in [-0.39, 0.29) is 5.82 Å². The van der Waals surface area contributed by atoms with Crippen molar-refractivity contribution < 1.29 is 4.39 Å². The summed E-state index contributed by atoms with van der Waals surface area (Å²) in [5.74, 6) is 0.658. The van der Waals surface area contributed by atoms with Crippen LogP contribution in [0.1, 0.15) is 18.4 Å². The number of benzene rings is 1. The molecule has 1 aromatic carbocycles. The summed E-state index contributed by atoms with van der Waals surface area (Å²) in [5, 5.41) is 3.38. The van der Waals surface area contributed by atoms with Gasteiger partial charge in [0, 0.05) is 26.2 Å². The van der Waals surface area contributed by atoms with Crippen molar-refractivity contribution in [1.29, 1.82) is 0 Å². The first-order valence-corrected chi connectivity index (χ1v) is 8.15. The Kier molecular flexibility index (Phi) is 4.76. The van der Waals surface area contributed by atoms with E-state index >= 15 is 0 Å². The summed E-state index contributed by atoms with van der Waals surface area (Å²) in [6.07, 6.45) is 3.44. The molecule has 0 bridgehead atoms. The first-order chi connectivity index (χ1) is 10.2. The molecule has 2 saturated heterocycles. The second-order valence-electron chi connectivity index (χ2n) is 6.47. The summed E-state index contributed by atoms with van der Waals surface area (Å²) in [4.78, 5) is 4.46. The SMILES string of the molecule is CN1CCN(c2ccc(CC3CCNCC3)cc2F)CC1. The van der Waals surface area contributed by atoms with E-state index in [0.29, 0.717) is 5.92 Å². The van der Waals surface area contributed by atoms with Crippen molar-refractivity contribution in [2.24, 2.45) is 5.92 Å². The average molecular weight is 291 g/mol. The highest BCUT2D eigenvalue weighted by Gasteiger charge is 2.18. The van der Waals surface area contributed by atoms with Crippen molar-refractivity contribution >= 4 is 5.69 Å². The molecule has 1 aromatic rings. The normalized spacial score (nSPS) is 21.7. The zero-order valence-corrected chi connectivity index (χ0v) is 12.9. The van der Waals surface area contributed by atoms with Crippen LogP contribution in [-0.2, 0) is 6.42 Å². The molecule has 0 aromatic heterocycles. The van der Waals surface area contributed by atoms with Crippen LogP contribution in [0, 0.1) is 11.7 Å². The molecule has 0 radical (unpaired) electrons. The Morgan fingerprint density at radius 3 is 2.52 bits per heavy atom. The maximum Gasteiger partial charge on any atom is 0.146 e. The Hall–Kier alpha value is -1.13. The minimum absolute atomic E-state index is 0.0500. The molecule has 4 heteroatoms. The minimum atomic E-state index is -0.0500. The number of piperidine rings is 1. The monoisotopic (exact) mass is 291 g/mol. The smallest absolute Gasteiger partial charge is 0.146 e. The largest absolute Gasteiger partial charge is 0.367 e. The van der Waals surface area contributed by atoms with Crippen molar-refractivity contribution in [3.05, 3.63) is 29.6 Å². The minimum Gasteiger partial charge on any atom is -0.367 e. The predicted octanol–water partition coefficient (Wildman–Crippen LogP) is 2.12. The van der Waals surface area contributed by atoms with Crippen LogP contribution >= 0.6 is 0 Å². The van der Waals surface area contributed by atoms with Crippen molar-refractivity contribution in [2.45, 2.75) is 19.3 Å². The lowest BCUT2D eigenvalue weighted by Gasteiger charge is -2.34. The van der Waals surface area contributed by atoms with Crippen LogP contribution < -0.4 is 10.2 Å². The van der Waals surface area contributed by atoms with Gasteiger partial charge in [-0.15, -0.1) is 0 Å². The number of halogens is 1. The number of hydrogen-bond donors (Lipinski definition) is 1. The van der Waals surface area contributed by atoms with Crippen LogP contribution in [-0.4, -0.2) is 51.2 Å². The highest BCUT2D eigenvalue weighted by molar-refractivity contribution is 5.49. The molecule has 0 saturated carbocycles. The molecule has 3 nitrogen and oxygen atoms in total. The Morgan fingerprint density at radius 2 is 1.86 bits per heavy atom. The van der Waals surface area contributed by atoms with Crippen LogP contribution in [0.5, 0.6) is 0 Å². The van der Waals surface area contributed by atoms with Crippen LogP contribution in [0.2, 0.25) is 0 Å². The van der Waals surface area contributed by atoms with Crippen molar-refractivity contribution in [3.8, 4) is 0 Å². The van der Waals surface area contributed by atoms with E-state index in [2.05, 4.69) is 28.2 Å². The standard InChI is InChI=1S/C17H26FN3/c1-20-8-10-21(11-9-20)17-3-2-15(13-16(17)18)12-14-4-6-19-7-5-14/h2-3,13-14,19H,4-12H2,1H3. The molecule has 0 spiro atoms. The number of hydrogen-bond acceptors (Lipinski definition) is 3. The van der Waals surface area contributed by atoms with Gasteiger partial charge in [0.2, 0.25) is 0 Å². The number of likely N-dealkylation sites (N-methyl/N-ethyl adjacent to an activating group) is 1. The summed E-state index contributed by atoms with van der Waals surface area (Å²) in [5.41, 5.74) is 1.93. The summed E-state index contributed by atoms with van der Waals surface area (Å²) < 4.78 is 14.4. The van der Waals surface area contributed by atoms with Crippen molar-refractivity contribution in [1.82, 2.24) is 10.2 Å². The van der Waals surface area contributed by atoms with Crippen LogP contribution in [0.15, 0.2) is 18.2 Å². The fourth-order valence-electron chi connectivity index (χ4n) is 3.40. The molecule has 0 amide bonds. The maximum atomic E-state index is 14.4. The number of nitrogens with one attached hydrogen (secondary N) is 1. The van der Waals surface area contributed by atoms with Crippen LogP contribution in [0.25, 0.3) is 0 Å². The van der Waals surface area contributed by atoms with E-state index in [1.807, 2.05) is 6.07 Å². The molecule has 3 rings (SSSR count). The zero-order chi connectivity index (χ0) is 14.7. The highest BCUT2D eigenvalue weighted by atomic mass is 19.1. The van der Waals surface area contributed by atoms with E-state index in [4.69, 9.17) is 0 Å². The average Bonchev–Trinajstić information content (AvgIpc) is 2.50. The first-order valence-electron chi connectivity index (χ1n) is 8.15. The topological polar surface area (TPSA) is 18.5 Å². The van der Waals surface area contributed by atoms with Gasteiger partial charge >= 0.3 is 0 Å². The summed E-state index contributed by atoms with van der Waals surface area (Å²) >= 11 is 0. The van der Waals surface area contributed by atoms with Gasteiger partial charge in [0.05, 0.1) is 5.69 Å². The molecule has 0 unspecified atom stereocenters. The molecular formula is C17H26FN3. The van der Waals surface area contributed by atoms with Gasteiger partial charge in [-0.2, -0.15) is 0 Å². The highest BCUT2D eigenvalue weighted by Crippen LogP contribution is 2.24. The summed E-state index contributed by atoms with van der Waals surface area (Å²) in [7, 11) is 2.12. The Balaban J connectivity index is 1.64. The number of piperazine rings is 1. The van der Waals surface area contributed by atoms with Gasteiger partial charge in [0.15, 0.2) is 0 Å². The third-order valence-electron chi connectivity index (χ3n) is 4.84. The van der Waals surface area contributed by atoms with Crippen molar-refractivity contribution in [2.75, 3.05) is 51.2 Å². The quantitative estimate of drug-likeness (QED) is 0.920. The lowest BCUT2D eigenvalue weighted by atomic mass is 9.91. The van der Waals surface area contributed by atoms with E-state index < -0.39 is 0 Å². The zero-order valence-electron chi connectivity index (χ0n) is 12.9. The molecule has 1 N–H and O–H groups in total. The van der Waals surface area contributed by atoms with E-state index in [0.717, 1.165) is 56.9 Å². The molecule has 0 atom stereocenters. The second-order valence-corrected chi connectivity index (χ2v) is 6.47. The molecule has 116 valence electrons. The van der Waals surface area contributed by atoms with Gasteiger partial charge < -0.3 is 15.1 Å². The fourth-order valence-corrected chi connectivity index (χ4v) is 3.40.